The molecule has 1 aromatic carbocycles. The zero-order valence-corrected chi connectivity index (χ0v) is 9.50. The first-order valence-corrected chi connectivity index (χ1v) is 6.27. The summed E-state index contributed by atoms with van der Waals surface area (Å²) >= 11 is 0. The Balaban J connectivity index is 2.05. The van der Waals surface area contributed by atoms with Gasteiger partial charge >= 0.3 is 0 Å². The molecule has 0 amide bonds. The molecule has 2 N–H and O–H groups in total. The second-order valence-electron chi connectivity index (χ2n) is 5.23. The lowest BCUT2D eigenvalue weighted by Gasteiger charge is -2.15. The van der Waals surface area contributed by atoms with Crippen LogP contribution in [0.1, 0.15) is 48.8 Å². The fourth-order valence-electron chi connectivity index (χ4n) is 2.71. The minimum atomic E-state index is -0.717. The van der Waals surface area contributed by atoms with Crippen LogP contribution in [-0.4, -0.2) is 10.2 Å². The topological polar surface area (TPSA) is 40.5 Å². The fraction of sp³-hybridized carbons (Fsp3) is 0.571. The Bertz CT molecular complexity index is 419. The summed E-state index contributed by atoms with van der Waals surface area (Å²) in [5.41, 5.74) is 2.66. The molecule has 2 nitrogen and oxygen atoms in total. The van der Waals surface area contributed by atoms with Crippen LogP contribution >= 0.6 is 0 Å². The summed E-state index contributed by atoms with van der Waals surface area (Å²) in [6.45, 7) is 0. The van der Waals surface area contributed by atoms with Gasteiger partial charge in [0.2, 0.25) is 0 Å². The van der Waals surface area contributed by atoms with Gasteiger partial charge in [0.1, 0.15) is 5.75 Å². The molecule has 2 heteroatoms. The van der Waals surface area contributed by atoms with Gasteiger partial charge in [0, 0.05) is 5.56 Å². The van der Waals surface area contributed by atoms with Crippen molar-refractivity contribution in [2.75, 3.05) is 0 Å². The van der Waals surface area contributed by atoms with Crippen LogP contribution in [0.5, 0.6) is 5.75 Å². The van der Waals surface area contributed by atoms with Crippen molar-refractivity contribution in [1.29, 1.82) is 0 Å². The van der Waals surface area contributed by atoms with Crippen LogP contribution in [0, 0.1) is 0 Å². The van der Waals surface area contributed by atoms with Crippen molar-refractivity contribution in [3.63, 3.8) is 0 Å². The van der Waals surface area contributed by atoms with Crippen LogP contribution in [0.3, 0.4) is 0 Å². The highest BCUT2D eigenvalue weighted by Crippen LogP contribution is 2.49. The minimum Gasteiger partial charge on any atom is -0.508 e. The zero-order chi connectivity index (χ0) is 11.2. The van der Waals surface area contributed by atoms with E-state index in [1.807, 2.05) is 12.1 Å². The van der Waals surface area contributed by atoms with Gasteiger partial charge in [-0.05, 0) is 61.8 Å². The SMILES string of the molecule is Oc1cc2c(cc1C1(O)CC1)CCCCC2. The summed E-state index contributed by atoms with van der Waals surface area (Å²) < 4.78 is 0. The molecular weight excluding hydrogens is 200 g/mol. The molecule has 0 saturated heterocycles. The van der Waals surface area contributed by atoms with Crippen molar-refractivity contribution < 1.29 is 10.2 Å². The molecule has 86 valence electrons. The van der Waals surface area contributed by atoms with E-state index in [1.165, 1.54) is 30.4 Å². The molecule has 0 unspecified atom stereocenters. The molecule has 3 rings (SSSR count). The Labute approximate surface area is 95.9 Å². The number of fused-ring (bicyclic) bond motifs is 1. The molecule has 0 aromatic heterocycles. The maximum absolute atomic E-state index is 10.1. The van der Waals surface area contributed by atoms with E-state index in [9.17, 15) is 10.2 Å². The van der Waals surface area contributed by atoms with Crippen molar-refractivity contribution in [2.45, 2.75) is 50.5 Å². The van der Waals surface area contributed by atoms with Crippen molar-refractivity contribution in [1.82, 2.24) is 0 Å². The van der Waals surface area contributed by atoms with Crippen LogP contribution in [0.15, 0.2) is 12.1 Å². The van der Waals surface area contributed by atoms with E-state index in [0.29, 0.717) is 5.75 Å². The van der Waals surface area contributed by atoms with Gasteiger partial charge in [-0.25, -0.2) is 0 Å². The third-order valence-corrected chi connectivity index (χ3v) is 3.94. The summed E-state index contributed by atoms with van der Waals surface area (Å²) in [7, 11) is 0. The van der Waals surface area contributed by atoms with Gasteiger partial charge in [-0.1, -0.05) is 6.42 Å². The Hall–Kier alpha value is -1.02. The van der Waals surface area contributed by atoms with Crippen molar-refractivity contribution in [2.24, 2.45) is 0 Å². The Morgan fingerprint density at radius 1 is 0.938 bits per heavy atom. The molecule has 1 saturated carbocycles. The smallest absolute Gasteiger partial charge is 0.121 e. The monoisotopic (exact) mass is 218 g/mol. The van der Waals surface area contributed by atoms with Crippen LogP contribution in [0.4, 0.5) is 0 Å². The van der Waals surface area contributed by atoms with E-state index < -0.39 is 5.60 Å². The summed E-state index contributed by atoms with van der Waals surface area (Å²) in [5, 5.41) is 20.1. The molecule has 0 aliphatic heterocycles. The van der Waals surface area contributed by atoms with E-state index in [1.54, 1.807) is 0 Å². The molecule has 0 bridgehead atoms. The number of hydrogen-bond acceptors (Lipinski definition) is 2. The lowest BCUT2D eigenvalue weighted by molar-refractivity contribution is 0.147. The molecule has 2 aliphatic rings. The van der Waals surface area contributed by atoms with Crippen molar-refractivity contribution >= 4 is 0 Å². The highest BCUT2D eigenvalue weighted by atomic mass is 16.3. The minimum absolute atomic E-state index is 0.292. The average molecular weight is 218 g/mol. The van der Waals surface area contributed by atoms with Crippen molar-refractivity contribution in [3.05, 3.63) is 28.8 Å². The molecule has 1 fully saturated rings. The number of aryl methyl sites for hydroxylation is 2. The Morgan fingerprint density at radius 2 is 1.56 bits per heavy atom. The predicted molar refractivity (Wildman–Crippen MR) is 62.5 cm³/mol. The average Bonchev–Trinajstić information content (AvgIpc) is 3.01. The first-order valence-electron chi connectivity index (χ1n) is 6.27. The quantitative estimate of drug-likeness (QED) is 0.711. The van der Waals surface area contributed by atoms with Gasteiger partial charge in [0.15, 0.2) is 0 Å². The van der Waals surface area contributed by atoms with Gasteiger partial charge < -0.3 is 10.2 Å². The molecule has 0 heterocycles. The van der Waals surface area contributed by atoms with Gasteiger partial charge in [-0.15, -0.1) is 0 Å². The predicted octanol–water partition coefficient (Wildman–Crippen LogP) is 2.64. The number of aromatic hydroxyl groups is 1. The van der Waals surface area contributed by atoms with Crippen LogP contribution in [0.2, 0.25) is 0 Å². The highest BCUT2D eigenvalue weighted by Gasteiger charge is 2.44. The molecule has 0 radical (unpaired) electrons. The lowest BCUT2D eigenvalue weighted by atomic mass is 9.96. The Kier molecular flexibility index (Phi) is 2.21. The highest BCUT2D eigenvalue weighted by molar-refractivity contribution is 5.47. The molecule has 0 spiro atoms. The van der Waals surface area contributed by atoms with Gasteiger partial charge in [0.05, 0.1) is 5.60 Å². The molecular formula is C14H18O2. The van der Waals surface area contributed by atoms with E-state index in [0.717, 1.165) is 31.2 Å². The molecule has 16 heavy (non-hydrogen) atoms. The van der Waals surface area contributed by atoms with Gasteiger partial charge in [0.25, 0.3) is 0 Å². The van der Waals surface area contributed by atoms with E-state index >= 15 is 0 Å². The number of rotatable bonds is 1. The van der Waals surface area contributed by atoms with E-state index in [4.69, 9.17) is 0 Å². The number of phenols is 1. The van der Waals surface area contributed by atoms with Crippen LogP contribution in [-0.2, 0) is 18.4 Å². The van der Waals surface area contributed by atoms with Crippen LogP contribution < -0.4 is 0 Å². The maximum Gasteiger partial charge on any atom is 0.121 e. The second kappa shape index (κ2) is 3.49. The zero-order valence-electron chi connectivity index (χ0n) is 9.50. The number of aliphatic hydroxyl groups is 1. The third kappa shape index (κ3) is 1.61. The van der Waals surface area contributed by atoms with Crippen molar-refractivity contribution in [3.8, 4) is 5.75 Å². The van der Waals surface area contributed by atoms with E-state index in [-0.39, 0.29) is 0 Å². The first-order chi connectivity index (χ1) is 7.69. The summed E-state index contributed by atoms with van der Waals surface area (Å²) in [5.74, 6) is 0.292. The maximum atomic E-state index is 10.1. The number of benzene rings is 1. The Morgan fingerprint density at radius 3 is 2.19 bits per heavy atom. The second-order valence-corrected chi connectivity index (χ2v) is 5.23. The summed E-state index contributed by atoms with van der Waals surface area (Å²) in [6, 6.07) is 3.93. The molecule has 0 atom stereocenters. The summed E-state index contributed by atoms with van der Waals surface area (Å²) in [6.07, 6.45) is 7.47. The normalized spacial score (nSPS) is 22.3. The standard InChI is InChI=1S/C14H18O2/c15-13-9-11-5-3-1-2-4-10(11)8-12(13)14(16)6-7-14/h8-9,15-16H,1-7H2. The molecule has 2 aliphatic carbocycles. The van der Waals surface area contributed by atoms with Gasteiger partial charge in [-0.2, -0.15) is 0 Å². The van der Waals surface area contributed by atoms with Crippen LogP contribution in [0.25, 0.3) is 0 Å². The lowest BCUT2D eigenvalue weighted by Crippen LogP contribution is -2.06. The number of phenolic OH excluding ortho intramolecular Hbond substituents is 1. The molecule has 1 aromatic rings. The first kappa shape index (κ1) is 10.2. The third-order valence-electron chi connectivity index (χ3n) is 3.94. The fourth-order valence-corrected chi connectivity index (χ4v) is 2.71. The summed E-state index contributed by atoms with van der Waals surface area (Å²) in [4.78, 5) is 0. The van der Waals surface area contributed by atoms with Gasteiger partial charge in [-0.3, -0.25) is 0 Å². The van der Waals surface area contributed by atoms with E-state index in [2.05, 4.69) is 0 Å². The largest absolute Gasteiger partial charge is 0.508 e. The number of hydrogen-bond donors (Lipinski definition) is 2.